The average Bonchev–Trinajstić information content (AvgIpc) is 3.24. The van der Waals surface area contributed by atoms with Crippen LogP contribution in [0.15, 0.2) is 60.7 Å². The van der Waals surface area contributed by atoms with Crippen molar-refractivity contribution < 1.29 is 28.5 Å². The van der Waals surface area contributed by atoms with Gasteiger partial charge in [0, 0.05) is 30.0 Å². The van der Waals surface area contributed by atoms with Crippen LogP contribution in [0.3, 0.4) is 0 Å². The number of carbonyl (C=O) groups is 1. The van der Waals surface area contributed by atoms with E-state index in [-0.39, 0.29) is 12.3 Å². The highest BCUT2D eigenvalue weighted by atomic mass is 35.5. The van der Waals surface area contributed by atoms with E-state index in [1.54, 1.807) is 48.5 Å². The van der Waals surface area contributed by atoms with Crippen LogP contribution in [0.2, 0.25) is 5.02 Å². The maximum atomic E-state index is 14.4. The van der Waals surface area contributed by atoms with Gasteiger partial charge in [0.15, 0.2) is 11.2 Å². The van der Waals surface area contributed by atoms with E-state index in [0.29, 0.717) is 39.0 Å². The molecule has 0 radical (unpaired) electrons. The molecule has 6 nitrogen and oxygen atoms in total. The molecule has 1 fully saturated rings. The molecule has 0 unspecified atom stereocenters. The van der Waals surface area contributed by atoms with Gasteiger partial charge in [0.1, 0.15) is 23.1 Å². The van der Waals surface area contributed by atoms with E-state index >= 15 is 0 Å². The molecule has 0 spiro atoms. The van der Waals surface area contributed by atoms with Crippen LogP contribution in [-0.4, -0.2) is 31.3 Å². The van der Waals surface area contributed by atoms with Gasteiger partial charge in [0.2, 0.25) is 5.91 Å². The van der Waals surface area contributed by atoms with Crippen molar-refractivity contribution in [3.05, 3.63) is 88.2 Å². The van der Waals surface area contributed by atoms with Crippen molar-refractivity contribution in [3.8, 4) is 17.2 Å². The zero-order chi connectivity index (χ0) is 25.0. The van der Waals surface area contributed by atoms with Crippen LogP contribution in [-0.2, 0) is 16.0 Å². The standard InChI is InChI=1S/C27H25ClFNO5/c1-15(31)30-24-14-21(16-5-4-6-19(29)11-16)27(17-7-9-18(28)10-8-17)26(24,32)25-22(34-3)12-20(33-2)13-23(25)35-27/h4-13,21,24,32H,14H2,1-3H3,(H,30,31)/t21-,24-,26+,27-/m1/s1. The molecule has 2 N–H and O–H groups in total. The molecule has 1 saturated carbocycles. The SMILES string of the molecule is COc1cc(OC)c2c(c1)O[C@]1(c3ccc(Cl)cc3)[C@@H](c3cccc(F)c3)C[C@@H](NC(C)=O)[C@]21O. The summed E-state index contributed by atoms with van der Waals surface area (Å²) in [4.78, 5) is 12.3. The highest BCUT2D eigenvalue weighted by molar-refractivity contribution is 6.30. The number of fused-ring (bicyclic) bond motifs is 3. The third-order valence-corrected chi connectivity index (χ3v) is 7.33. The lowest BCUT2D eigenvalue weighted by Crippen LogP contribution is -2.56. The fourth-order valence-electron chi connectivity index (χ4n) is 5.76. The zero-order valence-corrected chi connectivity index (χ0v) is 20.2. The van der Waals surface area contributed by atoms with Crippen LogP contribution in [0.1, 0.15) is 36.0 Å². The van der Waals surface area contributed by atoms with E-state index in [1.165, 1.54) is 33.3 Å². The van der Waals surface area contributed by atoms with Crippen molar-refractivity contribution in [1.82, 2.24) is 5.32 Å². The van der Waals surface area contributed by atoms with Gasteiger partial charge in [-0.25, -0.2) is 4.39 Å². The Balaban J connectivity index is 1.85. The first-order valence-electron chi connectivity index (χ1n) is 11.2. The molecule has 5 rings (SSSR count). The summed E-state index contributed by atoms with van der Waals surface area (Å²) < 4.78 is 32.2. The van der Waals surface area contributed by atoms with Crippen LogP contribution >= 0.6 is 11.6 Å². The number of hydrogen-bond acceptors (Lipinski definition) is 5. The van der Waals surface area contributed by atoms with Crippen molar-refractivity contribution in [2.75, 3.05) is 14.2 Å². The van der Waals surface area contributed by atoms with Crippen molar-refractivity contribution in [1.29, 1.82) is 0 Å². The van der Waals surface area contributed by atoms with Crippen LogP contribution in [0.25, 0.3) is 0 Å². The number of hydrogen-bond donors (Lipinski definition) is 2. The third-order valence-electron chi connectivity index (χ3n) is 7.08. The smallest absolute Gasteiger partial charge is 0.217 e. The molecule has 1 aliphatic carbocycles. The van der Waals surface area contributed by atoms with Crippen LogP contribution in [0.4, 0.5) is 4.39 Å². The normalized spacial score (nSPS) is 26.5. The Kier molecular flexibility index (Phi) is 5.65. The van der Waals surface area contributed by atoms with Gasteiger partial charge in [-0.2, -0.15) is 0 Å². The molecular weight excluding hydrogens is 473 g/mol. The average molecular weight is 498 g/mol. The maximum absolute atomic E-state index is 14.4. The fourth-order valence-corrected chi connectivity index (χ4v) is 5.89. The number of halogens is 2. The Hall–Kier alpha value is -3.29. The summed E-state index contributed by atoms with van der Waals surface area (Å²) in [5, 5.41) is 16.2. The molecule has 35 heavy (non-hydrogen) atoms. The largest absolute Gasteiger partial charge is 0.496 e. The van der Waals surface area contributed by atoms with E-state index in [2.05, 4.69) is 5.32 Å². The van der Waals surface area contributed by atoms with E-state index in [9.17, 15) is 14.3 Å². The first kappa shape index (κ1) is 23.5. The molecule has 1 aliphatic heterocycles. The summed E-state index contributed by atoms with van der Waals surface area (Å²) >= 11 is 6.20. The van der Waals surface area contributed by atoms with E-state index in [4.69, 9.17) is 25.8 Å². The molecule has 4 atom stereocenters. The summed E-state index contributed by atoms with van der Waals surface area (Å²) in [6.07, 6.45) is 0.288. The van der Waals surface area contributed by atoms with Gasteiger partial charge >= 0.3 is 0 Å². The van der Waals surface area contributed by atoms with Crippen LogP contribution in [0.5, 0.6) is 17.2 Å². The number of benzene rings is 3. The second-order valence-corrected chi connectivity index (χ2v) is 9.35. The molecule has 182 valence electrons. The summed E-state index contributed by atoms with van der Waals surface area (Å²) in [5.41, 5.74) is -1.54. The molecule has 3 aromatic rings. The molecule has 0 bridgehead atoms. The number of nitrogens with one attached hydrogen (secondary N) is 1. The third kappa shape index (κ3) is 3.37. The number of rotatable bonds is 5. The van der Waals surface area contributed by atoms with Gasteiger partial charge in [-0.15, -0.1) is 0 Å². The summed E-state index contributed by atoms with van der Waals surface area (Å²) in [5.74, 6) is -0.0644. The number of amides is 1. The van der Waals surface area contributed by atoms with Gasteiger partial charge in [0.05, 0.1) is 25.8 Å². The topological polar surface area (TPSA) is 77.0 Å². The quantitative estimate of drug-likeness (QED) is 0.536. The van der Waals surface area contributed by atoms with Crippen molar-refractivity contribution in [3.63, 3.8) is 0 Å². The van der Waals surface area contributed by atoms with Crippen LogP contribution < -0.4 is 19.5 Å². The molecular formula is C27H25ClFNO5. The number of aliphatic hydroxyl groups is 1. The predicted molar refractivity (Wildman–Crippen MR) is 129 cm³/mol. The molecule has 1 heterocycles. The van der Waals surface area contributed by atoms with E-state index in [1.807, 2.05) is 0 Å². The Morgan fingerprint density at radius 3 is 2.51 bits per heavy atom. The fraction of sp³-hybridized carbons (Fsp3) is 0.296. The zero-order valence-electron chi connectivity index (χ0n) is 19.5. The molecule has 2 aliphatic rings. The Morgan fingerprint density at radius 2 is 1.89 bits per heavy atom. The van der Waals surface area contributed by atoms with E-state index < -0.39 is 29.0 Å². The molecule has 3 aromatic carbocycles. The van der Waals surface area contributed by atoms with E-state index in [0.717, 1.165) is 0 Å². The molecule has 0 saturated heterocycles. The second-order valence-electron chi connectivity index (χ2n) is 8.91. The maximum Gasteiger partial charge on any atom is 0.217 e. The highest BCUT2D eigenvalue weighted by Gasteiger charge is 2.73. The minimum absolute atomic E-state index is 0.288. The van der Waals surface area contributed by atoms with Gasteiger partial charge < -0.3 is 24.6 Å². The lowest BCUT2D eigenvalue weighted by Gasteiger charge is -2.41. The Labute approximate surface area is 207 Å². The Bertz CT molecular complexity index is 1300. The van der Waals surface area contributed by atoms with Gasteiger partial charge in [-0.3, -0.25) is 4.79 Å². The number of carbonyl (C=O) groups excluding carboxylic acids is 1. The molecule has 0 aromatic heterocycles. The summed E-state index contributed by atoms with van der Waals surface area (Å²) in [6.45, 7) is 1.39. The summed E-state index contributed by atoms with van der Waals surface area (Å²) in [6, 6.07) is 15.8. The number of methoxy groups -OCH3 is 2. The minimum Gasteiger partial charge on any atom is -0.496 e. The lowest BCUT2D eigenvalue weighted by atomic mass is 9.71. The Morgan fingerprint density at radius 1 is 1.14 bits per heavy atom. The van der Waals surface area contributed by atoms with Crippen molar-refractivity contribution >= 4 is 17.5 Å². The van der Waals surface area contributed by atoms with Crippen LogP contribution in [0, 0.1) is 5.82 Å². The number of ether oxygens (including phenoxy) is 3. The lowest BCUT2D eigenvalue weighted by molar-refractivity contribution is -0.131. The minimum atomic E-state index is -1.77. The highest BCUT2D eigenvalue weighted by Crippen LogP contribution is 2.68. The second kappa shape index (κ2) is 8.43. The first-order valence-corrected chi connectivity index (χ1v) is 11.6. The predicted octanol–water partition coefficient (Wildman–Crippen LogP) is 4.66. The molecule has 8 heteroatoms. The van der Waals surface area contributed by atoms with Gasteiger partial charge in [-0.05, 0) is 41.8 Å². The monoisotopic (exact) mass is 497 g/mol. The van der Waals surface area contributed by atoms with Crippen molar-refractivity contribution in [2.45, 2.75) is 36.5 Å². The van der Waals surface area contributed by atoms with Gasteiger partial charge in [0.25, 0.3) is 0 Å². The summed E-state index contributed by atoms with van der Waals surface area (Å²) in [7, 11) is 3.02. The molecule has 1 amide bonds. The van der Waals surface area contributed by atoms with Gasteiger partial charge in [-0.1, -0.05) is 35.9 Å². The van der Waals surface area contributed by atoms with Crippen molar-refractivity contribution in [2.24, 2.45) is 0 Å². The first-order chi connectivity index (χ1) is 16.7.